The van der Waals surface area contributed by atoms with Crippen molar-refractivity contribution < 1.29 is 13.3 Å². The van der Waals surface area contributed by atoms with Gasteiger partial charge in [0.25, 0.3) is 6.71 Å². The number of para-hydroxylation sites is 3. The summed E-state index contributed by atoms with van der Waals surface area (Å²) >= 11 is 0. The first-order chi connectivity index (χ1) is 47.6. The van der Waals surface area contributed by atoms with E-state index in [1.165, 1.54) is 16.4 Å². The molecule has 0 unspecified atom stereocenters. The molecule has 0 spiro atoms. The van der Waals surface area contributed by atoms with E-state index in [4.69, 9.17) is 13.3 Å². The lowest BCUT2D eigenvalue weighted by atomic mass is 9.33. The van der Waals surface area contributed by atoms with E-state index < -0.39 is 0 Å². The minimum Gasteiger partial charge on any atom is -0.456 e. The summed E-state index contributed by atoms with van der Waals surface area (Å²) in [5.41, 5.74) is 30.0. The van der Waals surface area contributed by atoms with Gasteiger partial charge >= 0.3 is 0 Å². The normalized spacial score (nSPS) is 12.5. The number of benzene rings is 15. The molecule has 5 heterocycles. The Hall–Kier alpha value is -12.6. The molecule has 446 valence electrons. The Balaban J connectivity index is 0.997. The second-order valence-electron chi connectivity index (χ2n) is 25.3. The molecular weight excluding hydrogens is 1170 g/mol. The van der Waals surface area contributed by atoms with Crippen LogP contribution in [0.2, 0.25) is 0 Å². The van der Waals surface area contributed by atoms with Gasteiger partial charge in [0, 0.05) is 66.5 Å². The SMILES string of the molecule is c1ccc(-c2ccc3c(c2)B2c4cc(-c5ccccc5)ccc4N(c4c(-c5ccccc5)cc(-c5ccccc5)c5oc6ccccc6c45)c4cc(-c5ccc6oc7ccccc7c6c5)cc(c42)N3c2c(-c3ccccc3)cc(-c3ccccc3)c3oc4ccccc4c23)cc1. The molecule has 0 bridgehead atoms. The molecule has 0 radical (unpaired) electrons. The Morgan fingerprint density at radius 3 is 1.00 bits per heavy atom. The highest BCUT2D eigenvalue weighted by atomic mass is 16.3. The standard InChI is InChI=1S/C90H55BN2O3/c1-7-25-56(26-8-1)63-43-46-76-74(50-63)91-75-51-64(57-27-9-2-10-28-57)44-47-77(75)93(88-70(59-31-13-4-14-32-59)55-72(61-35-17-6-18-36-61)90-85(88)68-39-21-24-42-82(68)96-90)79-53-65(62-45-48-83-73(49-62)66-37-19-22-40-80(66)94-83)52-78(86(79)91)92(76)87-69(58-29-11-3-12-30-58)54-71(60-33-15-5-16-34-60)89-84(87)67-38-20-23-41-81(67)95-89/h1-55H. The predicted molar refractivity (Wildman–Crippen MR) is 400 cm³/mol. The van der Waals surface area contributed by atoms with Crippen LogP contribution in [0.15, 0.2) is 347 Å². The van der Waals surface area contributed by atoms with E-state index >= 15 is 0 Å². The van der Waals surface area contributed by atoms with Crippen molar-refractivity contribution >= 4 is 123 Å². The average Bonchev–Trinajstić information content (AvgIpc) is 0.967. The molecule has 3 aromatic heterocycles. The van der Waals surface area contributed by atoms with Gasteiger partial charge in [0.05, 0.1) is 22.1 Å². The Bertz CT molecular complexity index is 5820. The van der Waals surface area contributed by atoms with Gasteiger partial charge in [-0.25, -0.2) is 0 Å². The zero-order valence-electron chi connectivity index (χ0n) is 52.0. The number of fused-ring (bicyclic) bond motifs is 13. The van der Waals surface area contributed by atoms with Crippen LogP contribution in [0.4, 0.5) is 34.1 Å². The van der Waals surface area contributed by atoms with E-state index in [1.54, 1.807) is 0 Å². The number of furan rings is 3. The van der Waals surface area contributed by atoms with Crippen molar-refractivity contribution in [3.05, 3.63) is 334 Å². The molecule has 2 aliphatic rings. The first-order valence-electron chi connectivity index (χ1n) is 32.9. The van der Waals surface area contributed by atoms with Crippen LogP contribution >= 0.6 is 0 Å². The monoisotopic (exact) mass is 1220 g/mol. The van der Waals surface area contributed by atoms with Gasteiger partial charge in [0.1, 0.15) is 33.5 Å². The molecule has 0 fully saturated rings. The molecule has 20 rings (SSSR count). The number of nitrogens with zero attached hydrogens (tertiary/aromatic N) is 2. The molecule has 0 saturated heterocycles. The summed E-state index contributed by atoms with van der Waals surface area (Å²) < 4.78 is 21.3. The van der Waals surface area contributed by atoms with Crippen LogP contribution in [0.5, 0.6) is 0 Å². The van der Waals surface area contributed by atoms with E-state index in [-0.39, 0.29) is 6.71 Å². The molecule has 0 aliphatic carbocycles. The van der Waals surface area contributed by atoms with Crippen LogP contribution in [0.25, 0.3) is 144 Å². The molecule has 0 atom stereocenters. The third-order valence-electron chi connectivity index (χ3n) is 20.0. The predicted octanol–water partition coefficient (Wildman–Crippen LogP) is 23.1. The average molecular weight is 1220 g/mol. The molecule has 96 heavy (non-hydrogen) atoms. The number of hydrogen-bond acceptors (Lipinski definition) is 5. The zero-order valence-corrected chi connectivity index (χ0v) is 52.0. The van der Waals surface area contributed by atoms with Crippen molar-refractivity contribution in [1.29, 1.82) is 0 Å². The number of anilines is 6. The third-order valence-corrected chi connectivity index (χ3v) is 20.0. The molecule has 5 nitrogen and oxygen atoms in total. The van der Waals surface area contributed by atoms with Crippen LogP contribution in [-0.4, -0.2) is 6.71 Å². The highest BCUT2D eigenvalue weighted by Crippen LogP contribution is 2.57. The summed E-state index contributed by atoms with van der Waals surface area (Å²) in [7, 11) is 0. The summed E-state index contributed by atoms with van der Waals surface area (Å²) in [6.45, 7) is -0.296. The van der Waals surface area contributed by atoms with E-state index in [0.29, 0.717) is 0 Å². The zero-order chi connectivity index (χ0) is 63.0. The first-order valence-corrected chi connectivity index (χ1v) is 32.9. The lowest BCUT2D eigenvalue weighted by Gasteiger charge is -2.45. The van der Waals surface area contributed by atoms with Gasteiger partial charge in [-0.2, -0.15) is 0 Å². The quantitative estimate of drug-likeness (QED) is 0.135. The van der Waals surface area contributed by atoms with Gasteiger partial charge in [-0.15, -0.1) is 0 Å². The van der Waals surface area contributed by atoms with E-state index in [1.807, 2.05) is 6.07 Å². The van der Waals surface area contributed by atoms with Crippen molar-refractivity contribution in [2.24, 2.45) is 0 Å². The van der Waals surface area contributed by atoms with Crippen LogP contribution in [-0.2, 0) is 0 Å². The van der Waals surface area contributed by atoms with Gasteiger partial charge < -0.3 is 23.1 Å². The maximum absolute atomic E-state index is 7.34. The van der Waals surface area contributed by atoms with Gasteiger partial charge in [0.2, 0.25) is 0 Å². The van der Waals surface area contributed by atoms with Gasteiger partial charge in [-0.3, -0.25) is 0 Å². The van der Waals surface area contributed by atoms with Gasteiger partial charge in [-0.05, 0) is 139 Å². The summed E-state index contributed by atoms with van der Waals surface area (Å²) in [6, 6.07) is 122. The van der Waals surface area contributed by atoms with Gasteiger partial charge in [0.15, 0.2) is 0 Å². The van der Waals surface area contributed by atoms with Crippen LogP contribution in [0.3, 0.4) is 0 Å². The largest absolute Gasteiger partial charge is 0.456 e. The Labute approximate surface area is 554 Å². The maximum atomic E-state index is 7.34. The third kappa shape index (κ3) is 8.32. The summed E-state index contributed by atoms with van der Waals surface area (Å²) in [5.74, 6) is 0. The summed E-state index contributed by atoms with van der Waals surface area (Å²) in [6.07, 6.45) is 0. The van der Waals surface area contributed by atoms with Crippen LogP contribution < -0.4 is 26.2 Å². The maximum Gasteiger partial charge on any atom is 0.252 e. The fraction of sp³-hybridized carbons (Fsp3) is 0. The van der Waals surface area contributed by atoms with E-state index in [9.17, 15) is 0 Å². The van der Waals surface area contributed by atoms with Crippen molar-refractivity contribution in [3.8, 4) is 77.9 Å². The van der Waals surface area contributed by atoms with Gasteiger partial charge in [-0.1, -0.05) is 267 Å². The minimum atomic E-state index is -0.296. The Kier molecular flexibility index (Phi) is 12.1. The van der Waals surface area contributed by atoms with Crippen molar-refractivity contribution in [3.63, 3.8) is 0 Å². The second kappa shape index (κ2) is 21.5. The first kappa shape index (κ1) is 54.0. The Morgan fingerprint density at radius 1 is 0.219 bits per heavy atom. The number of hydrogen-bond donors (Lipinski definition) is 0. The van der Waals surface area contributed by atoms with Crippen LogP contribution in [0.1, 0.15) is 0 Å². The smallest absolute Gasteiger partial charge is 0.252 e. The summed E-state index contributed by atoms with van der Waals surface area (Å²) in [4.78, 5) is 5.25. The lowest BCUT2D eigenvalue weighted by Crippen LogP contribution is -2.61. The second-order valence-corrected chi connectivity index (χ2v) is 25.3. The summed E-state index contributed by atoms with van der Waals surface area (Å²) in [5, 5.41) is 6.25. The topological polar surface area (TPSA) is 45.9 Å². The van der Waals surface area contributed by atoms with Crippen molar-refractivity contribution in [1.82, 2.24) is 0 Å². The molecule has 0 amide bonds. The molecule has 6 heteroatoms. The van der Waals surface area contributed by atoms with E-state index in [2.05, 4.69) is 337 Å². The number of rotatable bonds is 9. The van der Waals surface area contributed by atoms with Crippen molar-refractivity contribution in [2.45, 2.75) is 0 Å². The fourth-order valence-electron chi connectivity index (χ4n) is 15.8. The Morgan fingerprint density at radius 2 is 0.562 bits per heavy atom. The van der Waals surface area contributed by atoms with E-state index in [0.717, 1.165) is 178 Å². The van der Waals surface area contributed by atoms with Crippen LogP contribution in [0, 0.1) is 0 Å². The highest BCUT2D eigenvalue weighted by molar-refractivity contribution is 7.00. The fourth-order valence-corrected chi connectivity index (χ4v) is 15.8. The van der Waals surface area contributed by atoms with Crippen molar-refractivity contribution in [2.75, 3.05) is 9.80 Å². The molecule has 2 aliphatic heterocycles. The molecule has 0 N–H and O–H groups in total. The minimum absolute atomic E-state index is 0.296. The molecular formula is C90H55BN2O3. The molecule has 18 aromatic rings. The lowest BCUT2D eigenvalue weighted by molar-refractivity contribution is 0.669. The molecule has 0 saturated carbocycles. The highest BCUT2D eigenvalue weighted by Gasteiger charge is 2.46. The molecule has 15 aromatic carbocycles.